The van der Waals surface area contributed by atoms with Gasteiger partial charge in [-0.2, -0.15) is 0 Å². The van der Waals surface area contributed by atoms with Crippen LogP contribution in [0.25, 0.3) is 11.3 Å². The largest absolute Gasteiger partial charge is 0.298 e. The molecule has 0 unspecified atom stereocenters. The number of thiazole rings is 1. The van der Waals surface area contributed by atoms with Gasteiger partial charge in [-0.1, -0.05) is 30.4 Å². The zero-order valence-electron chi connectivity index (χ0n) is 12.5. The maximum atomic E-state index is 11.7. The highest BCUT2D eigenvalue weighted by molar-refractivity contribution is 7.14. The van der Waals surface area contributed by atoms with Crippen molar-refractivity contribution in [1.29, 1.82) is 0 Å². The van der Waals surface area contributed by atoms with Gasteiger partial charge in [0, 0.05) is 17.0 Å². The van der Waals surface area contributed by atoms with Crippen LogP contribution < -0.4 is 5.32 Å². The van der Waals surface area contributed by atoms with Crippen LogP contribution in [-0.4, -0.2) is 10.9 Å². The van der Waals surface area contributed by atoms with E-state index in [0.717, 1.165) is 17.7 Å². The minimum Gasteiger partial charge on any atom is -0.298 e. The molecule has 1 aromatic carbocycles. The first-order chi connectivity index (χ1) is 10.8. The van der Waals surface area contributed by atoms with Crippen LogP contribution in [0.5, 0.6) is 0 Å². The summed E-state index contributed by atoms with van der Waals surface area (Å²) >= 11 is 1.45. The normalized spacial score (nSPS) is 13.9. The molecule has 0 saturated heterocycles. The number of hydrogen-bond donors (Lipinski definition) is 1. The summed E-state index contributed by atoms with van der Waals surface area (Å²) in [4.78, 5) is 16.2. The summed E-state index contributed by atoms with van der Waals surface area (Å²) in [5.74, 6) is -0.159. The predicted molar refractivity (Wildman–Crippen MR) is 92.2 cm³/mol. The highest BCUT2D eigenvalue weighted by Gasteiger charge is 2.13. The number of fused-ring (bicyclic) bond motifs is 1. The number of nitrogens with zero attached hydrogens (tertiary/aromatic N) is 1. The molecule has 1 heterocycles. The van der Waals surface area contributed by atoms with Crippen LogP contribution in [0.4, 0.5) is 5.13 Å². The van der Waals surface area contributed by atoms with E-state index < -0.39 is 0 Å². The van der Waals surface area contributed by atoms with E-state index in [1.54, 1.807) is 6.08 Å². The van der Waals surface area contributed by atoms with Crippen molar-refractivity contribution in [2.24, 2.45) is 0 Å². The molecule has 1 N–H and O–H groups in total. The van der Waals surface area contributed by atoms with Crippen molar-refractivity contribution in [2.75, 3.05) is 5.32 Å². The Morgan fingerprint density at radius 3 is 3.00 bits per heavy atom. The Hall–Kier alpha value is -2.20. The predicted octanol–water partition coefficient (Wildman–Crippen LogP) is 4.37. The van der Waals surface area contributed by atoms with E-state index in [0.29, 0.717) is 5.13 Å². The Morgan fingerprint density at radius 1 is 1.27 bits per heavy atom. The van der Waals surface area contributed by atoms with E-state index in [1.807, 2.05) is 24.5 Å². The number of hydrogen-bond acceptors (Lipinski definition) is 3. The van der Waals surface area contributed by atoms with E-state index in [2.05, 4.69) is 28.5 Å². The van der Waals surface area contributed by atoms with Gasteiger partial charge >= 0.3 is 0 Å². The first-order valence-electron chi connectivity index (χ1n) is 7.44. The summed E-state index contributed by atoms with van der Waals surface area (Å²) in [6.07, 6.45) is 10.5. The van der Waals surface area contributed by atoms with Gasteiger partial charge in [0.1, 0.15) is 0 Å². The van der Waals surface area contributed by atoms with E-state index in [4.69, 9.17) is 0 Å². The number of aryl methyl sites for hydroxylation is 2. The number of anilines is 1. The van der Waals surface area contributed by atoms with Crippen LogP contribution in [0.15, 0.2) is 47.9 Å². The Balaban J connectivity index is 1.72. The topological polar surface area (TPSA) is 42.0 Å². The molecule has 112 valence electrons. The molecule has 0 bridgehead atoms. The van der Waals surface area contributed by atoms with Gasteiger partial charge in [-0.25, -0.2) is 4.98 Å². The maximum Gasteiger partial charge on any atom is 0.250 e. The van der Waals surface area contributed by atoms with Gasteiger partial charge in [0.2, 0.25) is 5.91 Å². The van der Waals surface area contributed by atoms with E-state index in [1.165, 1.54) is 41.4 Å². The lowest BCUT2D eigenvalue weighted by molar-refractivity contribution is -0.111. The highest BCUT2D eigenvalue weighted by atomic mass is 32.1. The number of amides is 1. The number of benzene rings is 1. The van der Waals surface area contributed by atoms with Crippen LogP contribution in [-0.2, 0) is 17.6 Å². The average molecular weight is 310 g/mol. The summed E-state index contributed by atoms with van der Waals surface area (Å²) < 4.78 is 0. The Kier molecular flexibility index (Phi) is 4.49. The second kappa shape index (κ2) is 6.71. The van der Waals surface area contributed by atoms with Gasteiger partial charge < -0.3 is 0 Å². The fourth-order valence-electron chi connectivity index (χ4n) is 2.60. The van der Waals surface area contributed by atoms with Gasteiger partial charge in [0.05, 0.1) is 5.69 Å². The maximum absolute atomic E-state index is 11.7. The Bertz CT molecular complexity index is 743. The summed E-state index contributed by atoms with van der Waals surface area (Å²) in [7, 11) is 0. The molecule has 1 amide bonds. The van der Waals surface area contributed by atoms with Crippen molar-refractivity contribution >= 4 is 22.4 Å². The first-order valence-corrected chi connectivity index (χ1v) is 8.32. The summed E-state index contributed by atoms with van der Waals surface area (Å²) in [5, 5.41) is 5.41. The molecule has 3 nitrogen and oxygen atoms in total. The number of carbonyl (C=O) groups is 1. The molecular weight excluding hydrogens is 292 g/mol. The van der Waals surface area contributed by atoms with E-state index >= 15 is 0 Å². The fourth-order valence-corrected chi connectivity index (χ4v) is 3.32. The zero-order chi connectivity index (χ0) is 15.4. The smallest absolute Gasteiger partial charge is 0.250 e. The lowest BCUT2D eigenvalue weighted by atomic mass is 10.1. The van der Waals surface area contributed by atoms with Gasteiger partial charge in [0.15, 0.2) is 5.13 Å². The molecule has 22 heavy (non-hydrogen) atoms. The number of allylic oxidation sites excluding steroid dienone is 3. The third kappa shape index (κ3) is 3.34. The van der Waals surface area contributed by atoms with Crippen LogP contribution in [0.1, 0.15) is 24.5 Å². The summed E-state index contributed by atoms with van der Waals surface area (Å²) in [6, 6.07) is 6.56. The molecule has 0 radical (unpaired) electrons. The van der Waals surface area contributed by atoms with Crippen LogP contribution >= 0.6 is 11.3 Å². The fraction of sp³-hybridized carbons (Fsp3) is 0.222. The number of aromatic nitrogens is 1. The third-order valence-corrected chi connectivity index (χ3v) is 4.44. The molecular formula is C18H18N2OS. The lowest BCUT2D eigenvalue weighted by Crippen LogP contribution is -2.07. The second-order valence-electron chi connectivity index (χ2n) is 5.25. The Morgan fingerprint density at radius 2 is 2.14 bits per heavy atom. The van der Waals surface area contributed by atoms with Gasteiger partial charge in [-0.3, -0.25) is 10.1 Å². The van der Waals surface area contributed by atoms with Crippen molar-refractivity contribution in [2.45, 2.75) is 26.2 Å². The lowest BCUT2D eigenvalue weighted by Gasteiger charge is -2.02. The molecule has 0 fully saturated rings. The molecule has 0 spiro atoms. The molecule has 0 aliphatic heterocycles. The molecule has 0 saturated carbocycles. The number of nitrogens with one attached hydrogen (secondary N) is 1. The molecule has 3 rings (SSSR count). The number of carbonyl (C=O) groups excluding carboxylic acids is 1. The molecule has 1 aliphatic rings. The SMILES string of the molecule is C/C=C/C=C/C(=O)Nc1nc(-c2ccc3c(c2)CCC3)cs1. The van der Waals surface area contributed by atoms with Gasteiger partial charge in [-0.05, 0) is 43.4 Å². The summed E-state index contributed by atoms with van der Waals surface area (Å²) in [5.41, 5.74) is 4.95. The second-order valence-corrected chi connectivity index (χ2v) is 6.11. The van der Waals surface area contributed by atoms with E-state index in [-0.39, 0.29) is 5.91 Å². The highest BCUT2D eigenvalue weighted by Crippen LogP contribution is 2.30. The minimum absolute atomic E-state index is 0.159. The monoisotopic (exact) mass is 310 g/mol. The van der Waals surface area contributed by atoms with Crippen LogP contribution in [0.2, 0.25) is 0 Å². The van der Waals surface area contributed by atoms with Crippen molar-refractivity contribution in [1.82, 2.24) is 4.98 Å². The van der Waals surface area contributed by atoms with Gasteiger partial charge in [0.25, 0.3) is 0 Å². The molecule has 1 aromatic heterocycles. The van der Waals surface area contributed by atoms with Crippen molar-refractivity contribution in [3.63, 3.8) is 0 Å². The van der Waals surface area contributed by atoms with Crippen molar-refractivity contribution < 1.29 is 4.79 Å². The van der Waals surface area contributed by atoms with Crippen LogP contribution in [0, 0.1) is 0 Å². The first kappa shape index (κ1) is 14.7. The van der Waals surface area contributed by atoms with Crippen molar-refractivity contribution in [3.05, 3.63) is 59.0 Å². The van der Waals surface area contributed by atoms with Crippen LogP contribution in [0.3, 0.4) is 0 Å². The molecule has 4 heteroatoms. The molecule has 1 aliphatic carbocycles. The number of rotatable bonds is 4. The third-order valence-electron chi connectivity index (χ3n) is 3.68. The molecule has 0 atom stereocenters. The Labute approximate surface area is 134 Å². The average Bonchev–Trinajstić information content (AvgIpc) is 3.15. The zero-order valence-corrected chi connectivity index (χ0v) is 13.3. The quantitative estimate of drug-likeness (QED) is 0.673. The van der Waals surface area contributed by atoms with E-state index in [9.17, 15) is 4.79 Å². The minimum atomic E-state index is -0.159. The van der Waals surface area contributed by atoms with Crippen molar-refractivity contribution in [3.8, 4) is 11.3 Å². The van der Waals surface area contributed by atoms with Gasteiger partial charge in [-0.15, -0.1) is 11.3 Å². The summed E-state index contributed by atoms with van der Waals surface area (Å²) in [6.45, 7) is 1.91. The standard InChI is InChI=1S/C18H18N2OS/c1-2-3-4-8-17(21)20-18-19-16(12-22-18)15-10-9-13-6-5-7-14(13)11-15/h2-4,8-12H,5-7H2,1H3,(H,19,20,21)/b3-2+,8-4+. The molecule has 2 aromatic rings.